The molecule has 0 spiro atoms. The Morgan fingerprint density at radius 1 is 1.00 bits per heavy atom. The summed E-state index contributed by atoms with van der Waals surface area (Å²) in [5.41, 5.74) is 7.15. The third-order valence-electron chi connectivity index (χ3n) is 4.02. The van der Waals surface area contributed by atoms with Gasteiger partial charge in [0.25, 0.3) is 6.29 Å². The number of hydrogen-bond acceptors (Lipinski definition) is 7. The average molecular weight is 394 g/mol. The zero-order chi connectivity index (χ0) is 21.4. The Labute approximate surface area is 165 Å². The number of rotatable bonds is 8. The fraction of sp³-hybridized carbons (Fsp3) is 0.550. The summed E-state index contributed by atoms with van der Waals surface area (Å²) in [7, 11) is 1.54. The van der Waals surface area contributed by atoms with Crippen molar-refractivity contribution in [2.24, 2.45) is 17.6 Å². The van der Waals surface area contributed by atoms with Gasteiger partial charge in [0, 0.05) is 25.6 Å². The van der Waals surface area contributed by atoms with E-state index in [9.17, 15) is 14.4 Å². The first-order valence-corrected chi connectivity index (χ1v) is 9.15. The van der Waals surface area contributed by atoms with Gasteiger partial charge in [-0.25, -0.2) is 4.79 Å². The maximum atomic E-state index is 12.5. The molecular weight excluding hydrogens is 364 g/mol. The molecule has 2 N–H and O–H groups in total. The third-order valence-corrected chi connectivity index (χ3v) is 4.02. The van der Waals surface area contributed by atoms with Crippen LogP contribution in [-0.4, -0.2) is 37.4 Å². The smallest absolute Gasteiger partial charge is 0.417 e. The van der Waals surface area contributed by atoms with Crippen molar-refractivity contribution >= 4 is 23.7 Å². The highest BCUT2D eigenvalue weighted by atomic mass is 16.7. The summed E-state index contributed by atoms with van der Waals surface area (Å²) in [6.45, 7) is 8.66. The number of carbonyl (C=O) groups excluding carboxylic acids is 3. The Balaban J connectivity index is 2.74. The number of nitrogens with zero attached hydrogens (tertiary/aromatic N) is 1. The molecule has 8 nitrogen and oxygen atoms in total. The minimum absolute atomic E-state index is 0.0933. The number of amides is 1. The Morgan fingerprint density at radius 2 is 1.57 bits per heavy atom. The highest BCUT2D eigenvalue weighted by Gasteiger charge is 2.28. The lowest BCUT2D eigenvalue weighted by atomic mass is 10.1. The second kappa shape index (κ2) is 10.7. The number of hydrogen-bond donors (Lipinski definition) is 1. The van der Waals surface area contributed by atoms with Gasteiger partial charge in [-0.15, -0.1) is 0 Å². The standard InChI is InChI=1S/C20H30N2O6/c1-12(2)17(21)18(24)27-19(13(3)4)28-20(25)22(6)16-9-7-15(8-10-16)11-26-14(5)23/h7-10,12-13,17,19H,11,21H2,1-6H3/t17-,19?/m0/s1. The molecule has 0 aliphatic rings. The van der Waals surface area contributed by atoms with Gasteiger partial charge in [0.15, 0.2) is 0 Å². The second-order valence-electron chi connectivity index (χ2n) is 7.21. The molecule has 8 heteroatoms. The number of anilines is 1. The molecule has 2 atom stereocenters. The molecule has 1 aromatic rings. The largest absolute Gasteiger partial charge is 0.461 e. The van der Waals surface area contributed by atoms with Gasteiger partial charge in [0.1, 0.15) is 12.6 Å². The molecule has 0 bridgehead atoms. The molecule has 1 rings (SSSR count). The van der Waals surface area contributed by atoms with Crippen molar-refractivity contribution in [2.45, 2.75) is 53.6 Å². The average Bonchev–Trinajstić information content (AvgIpc) is 2.64. The Bertz CT molecular complexity index is 672. The molecule has 0 saturated carbocycles. The maximum absolute atomic E-state index is 12.5. The van der Waals surface area contributed by atoms with Gasteiger partial charge < -0.3 is 19.9 Å². The van der Waals surface area contributed by atoms with Crippen LogP contribution >= 0.6 is 0 Å². The van der Waals surface area contributed by atoms with Crippen LogP contribution in [0, 0.1) is 11.8 Å². The zero-order valence-corrected chi connectivity index (χ0v) is 17.3. The third kappa shape index (κ3) is 7.19. The van der Waals surface area contributed by atoms with Crippen LogP contribution in [0.25, 0.3) is 0 Å². The number of carbonyl (C=O) groups is 3. The molecule has 0 radical (unpaired) electrons. The Morgan fingerprint density at radius 3 is 2.04 bits per heavy atom. The van der Waals surface area contributed by atoms with Crippen molar-refractivity contribution in [3.63, 3.8) is 0 Å². The summed E-state index contributed by atoms with van der Waals surface area (Å²) in [4.78, 5) is 36.7. The van der Waals surface area contributed by atoms with E-state index in [0.29, 0.717) is 5.69 Å². The highest BCUT2D eigenvalue weighted by molar-refractivity contribution is 5.87. The summed E-state index contributed by atoms with van der Waals surface area (Å²) >= 11 is 0. The second-order valence-corrected chi connectivity index (χ2v) is 7.21. The Hall–Kier alpha value is -2.61. The normalized spacial score (nSPS) is 13.0. The molecule has 28 heavy (non-hydrogen) atoms. The molecule has 0 aliphatic carbocycles. The van der Waals surface area contributed by atoms with Crippen LogP contribution in [-0.2, 0) is 30.4 Å². The molecule has 156 valence electrons. The van der Waals surface area contributed by atoms with E-state index in [0.717, 1.165) is 5.56 Å². The van der Waals surface area contributed by atoms with E-state index in [1.807, 2.05) is 0 Å². The van der Waals surface area contributed by atoms with E-state index in [4.69, 9.17) is 19.9 Å². The first-order valence-electron chi connectivity index (χ1n) is 9.15. The maximum Gasteiger partial charge on any atom is 0.417 e. The minimum Gasteiger partial charge on any atom is -0.461 e. The van der Waals surface area contributed by atoms with Crippen molar-refractivity contribution in [1.82, 2.24) is 0 Å². The molecule has 0 aromatic heterocycles. The molecular formula is C20H30N2O6. The summed E-state index contributed by atoms with van der Waals surface area (Å²) < 4.78 is 15.6. The number of benzene rings is 1. The molecule has 1 unspecified atom stereocenters. The van der Waals surface area contributed by atoms with Gasteiger partial charge in [-0.05, 0) is 23.6 Å². The predicted molar refractivity (Wildman–Crippen MR) is 104 cm³/mol. The first kappa shape index (κ1) is 23.4. The summed E-state index contributed by atoms with van der Waals surface area (Å²) in [6, 6.07) is 6.09. The topological polar surface area (TPSA) is 108 Å². The molecule has 0 heterocycles. The number of esters is 2. The van der Waals surface area contributed by atoms with Gasteiger partial charge in [-0.1, -0.05) is 39.8 Å². The number of nitrogens with two attached hydrogens (primary N) is 1. The van der Waals surface area contributed by atoms with Crippen LogP contribution in [0.2, 0.25) is 0 Å². The zero-order valence-electron chi connectivity index (χ0n) is 17.3. The molecule has 0 fully saturated rings. The highest BCUT2D eigenvalue weighted by Crippen LogP contribution is 2.18. The van der Waals surface area contributed by atoms with E-state index in [-0.39, 0.29) is 24.4 Å². The van der Waals surface area contributed by atoms with Crippen LogP contribution in [0.5, 0.6) is 0 Å². The van der Waals surface area contributed by atoms with Gasteiger partial charge in [-0.2, -0.15) is 0 Å². The molecule has 0 aliphatic heterocycles. The van der Waals surface area contributed by atoms with Gasteiger partial charge in [0.2, 0.25) is 0 Å². The molecule has 1 amide bonds. The van der Waals surface area contributed by atoms with Crippen LogP contribution in [0.4, 0.5) is 10.5 Å². The van der Waals surface area contributed by atoms with E-state index in [1.54, 1.807) is 59.0 Å². The van der Waals surface area contributed by atoms with Gasteiger partial charge in [0.05, 0.1) is 0 Å². The number of ether oxygens (including phenoxy) is 3. The van der Waals surface area contributed by atoms with E-state index >= 15 is 0 Å². The fourth-order valence-corrected chi connectivity index (χ4v) is 2.05. The van der Waals surface area contributed by atoms with Crippen molar-refractivity contribution in [1.29, 1.82) is 0 Å². The van der Waals surface area contributed by atoms with Crippen LogP contribution in [0.1, 0.15) is 40.2 Å². The van der Waals surface area contributed by atoms with Crippen molar-refractivity contribution in [3.8, 4) is 0 Å². The molecule has 0 saturated heterocycles. The quantitative estimate of drug-likeness (QED) is 0.533. The fourth-order valence-electron chi connectivity index (χ4n) is 2.05. The van der Waals surface area contributed by atoms with Crippen LogP contribution < -0.4 is 10.6 Å². The van der Waals surface area contributed by atoms with Crippen molar-refractivity contribution < 1.29 is 28.6 Å². The lowest BCUT2D eigenvalue weighted by Crippen LogP contribution is -2.42. The van der Waals surface area contributed by atoms with E-state index in [1.165, 1.54) is 11.8 Å². The van der Waals surface area contributed by atoms with E-state index < -0.39 is 24.4 Å². The monoisotopic (exact) mass is 394 g/mol. The summed E-state index contributed by atoms with van der Waals surface area (Å²) in [6.07, 6.45) is -1.71. The SMILES string of the molecule is CC(=O)OCc1ccc(N(C)C(=O)OC(OC(=O)[C@@H](N)C(C)C)C(C)C)cc1. The molecule has 1 aromatic carbocycles. The minimum atomic E-state index is -1.05. The Kier molecular flexibility index (Phi) is 8.91. The lowest BCUT2D eigenvalue weighted by molar-refractivity contribution is -0.177. The van der Waals surface area contributed by atoms with Crippen LogP contribution in [0.15, 0.2) is 24.3 Å². The van der Waals surface area contributed by atoms with Crippen molar-refractivity contribution in [2.75, 3.05) is 11.9 Å². The lowest BCUT2D eigenvalue weighted by Gasteiger charge is -2.26. The first-order chi connectivity index (χ1) is 13.0. The summed E-state index contributed by atoms with van der Waals surface area (Å²) in [5.74, 6) is -1.31. The van der Waals surface area contributed by atoms with E-state index in [2.05, 4.69) is 0 Å². The van der Waals surface area contributed by atoms with Crippen LogP contribution in [0.3, 0.4) is 0 Å². The summed E-state index contributed by atoms with van der Waals surface area (Å²) in [5, 5.41) is 0. The van der Waals surface area contributed by atoms with Gasteiger partial charge >= 0.3 is 18.0 Å². The predicted octanol–water partition coefficient (Wildman–Crippen LogP) is 2.83. The van der Waals surface area contributed by atoms with Crippen molar-refractivity contribution in [3.05, 3.63) is 29.8 Å². The van der Waals surface area contributed by atoms with Gasteiger partial charge in [-0.3, -0.25) is 14.5 Å².